The summed E-state index contributed by atoms with van der Waals surface area (Å²) in [5.41, 5.74) is 0.540. The number of amides is 1. The highest BCUT2D eigenvalue weighted by molar-refractivity contribution is 7.89. The molecular formula is C17H19ClN2O4S. The van der Waals surface area contributed by atoms with Crippen LogP contribution in [0.1, 0.15) is 6.92 Å². The molecule has 0 atom stereocenters. The van der Waals surface area contributed by atoms with Gasteiger partial charge in [-0.05, 0) is 42.5 Å². The van der Waals surface area contributed by atoms with Crippen LogP contribution in [0, 0.1) is 0 Å². The lowest BCUT2D eigenvalue weighted by molar-refractivity contribution is -0.114. The van der Waals surface area contributed by atoms with E-state index in [1.54, 1.807) is 36.4 Å². The standard InChI is InChI=1S/C17H19ClN2O4S/c1-13(21)19-15-6-8-17(9-7-15)25(22,23)20(2)10-11-24-16-5-3-4-14(18)12-16/h3-9,12H,10-11H2,1-2H3,(H,19,21). The normalized spacial score (nSPS) is 11.4. The minimum absolute atomic E-state index is 0.145. The Balaban J connectivity index is 1.97. The molecule has 25 heavy (non-hydrogen) atoms. The molecule has 0 aliphatic carbocycles. The molecule has 1 amide bonds. The zero-order valence-corrected chi connectivity index (χ0v) is 15.5. The first-order valence-corrected chi connectivity index (χ1v) is 9.33. The van der Waals surface area contributed by atoms with E-state index >= 15 is 0 Å². The Bertz CT molecular complexity index is 838. The van der Waals surface area contributed by atoms with E-state index in [-0.39, 0.29) is 24.0 Å². The summed E-state index contributed by atoms with van der Waals surface area (Å²) in [6.07, 6.45) is 0. The fourth-order valence-corrected chi connectivity index (χ4v) is 3.40. The fraction of sp³-hybridized carbons (Fsp3) is 0.235. The van der Waals surface area contributed by atoms with Crippen molar-refractivity contribution in [1.82, 2.24) is 4.31 Å². The van der Waals surface area contributed by atoms with Crippen molar-refractivity contribution >= 4 is 33.2 Å². The van der Waals surface area contributed by atoms with E-state index < -0.39 is 10.0 Å². The topological polar surface area (TPSA) is 75.7 Å². The molecule has 134 valence electrons. The lowest BCUT2D eigenvalue weighted by atomic mass is 10.3. The van der Waals surface area contributed by atoms with Gasteiger partial charge in [-0.15, -0.1) is 0 Å². The van der Waals surface area contributed by atoms with Gasteiger partial charge in [-0.25, -0.2) is 8.42 Å². The molecule has 0 saturated carbocycles. The summed E-state index contributed by atoms with van der Waals surface area (Å²) in [4.78, 5) is 11.1. The molecule has 0 aliphatic rings. The second-order valence-corrected chi connectivity index (χ2v) is 7.82. The van der Waals surface area contributed by atoms with Gasteiger partial charge in [-0.2, -0.15) is 4.31 Å². The number of anilines is 1. The lowest BCUT2D eigenvalue weighted by Crippen LogP contribution is -2.31. The molecule has 0 radical (unpaired) electrons. The highest BCUT2D eigenvalue weighted by Crippen LogP contribution is 2.19. The summed E-state index contributed by atoms with van der Waals surface area (Å²) in [6.45, 7) is 1.76. The predicted octanol–water partition coefficient (Wildman–Crippen LogP) is 3.00. The maximum atomic E-state index is 12.5. The summed E-state index contributed by atoms with van der Waals surface area (Å²) < 4.78 is 31.8. The Kier molecular flexibility index (Phi) is 6.41. The van der Waals surface area contributed by atoms with E-state index in [2.05, 4.69) is 5.32 Å². The van der Waals surface area contributed by atoms with Crippen molar-refractivity contribution in [2.75, 3.05) is 25.5 Å². The van der Waals surface area contributed by atoms with Gasteiger partial charge in [0.05, 0.1) is 4.90 Å². The lowest BCUT2D eigenvalue weighted by Gasteiger charge is -2.18. The molecule has 0 spiro atoms. The molecule has 0 saturated heterocycles. The molecule has 0 heterocycles. The Morgan fingerprint density at radius 2 is 1.88 bits per heavy atom. The first-order chi connectivity index (χ1) is 11.8. The summed E-state index contributed by atoms with van der Waals surface area (Å²) in [5.74, 6) is 0.365. The number of hydrogen-bond acceptors (Lipinski definition) is 4. The number of carbonyl (C=O) groups is 1. The zero-order valence-electron chi connectivity index (χ0n) is 13.9. The number of nitrogens with one attached hydrogen (secondary N) is 1. The highest BCUT2D eigenvalue weighted by atomic mass is 35.5. The largest absolute Gasteiger partial charge is 0.492 e. The van der Waals surface area contributed by atoms with Crippen LogP contribution in [0.4, 0.5) is 5.69 Å². The Morgan fingerprint density at radius 3 is 2.48 bits per heavy atom. The van der Waals surface area contributed by atoms with Crippen molar-refractivity contribution in [3.05, 3.63) is 53.6 Å². The zero-order chi connectivity index (χ0) is 18.4. The third kappa shape index (κ3) is 5.45. The van der Waals surface area contributed by atoms with Gasteiger partial charge in [0.15, 0.2) is 0 Å². The summed E-state index contributed by atoms with van der Waals surface area (Å²) in [7, 11) is -2.15. The number of halogens is 1. The molecule has 0 aromatic heterocycles. The van der Waals surface area contributed by atoms with Crippen LogP contribution in [0.5, 0.6) is 5.75 Å². The molecule has 0 fully saturated rings. The van der Waals surface area contributed by atoms with Crippen molar-refractivity contribution < 1.29 is 17.9 Å². The SMILES string of the molecule is CC(=O)Nc1ccc(S(=O)(=O)N(C)CCOc2cccc(Cl)c2)cc1. The number of likely N-dealkylation sites (N-methyl/N-ethyl adjacent to an activating group) is 1. The number of rotatable bonds is 7. The van der Waals surface area contributed by atoms with Gasteiger partial charge in [0.25, 0.3) is 0 Å². The molecule has 6 nitrogen and oxygen atoms in total. The molecular weight excluding hydrogens is 364 g/mol. The maximum Gasteiger partial charge on any atom is 0.242 e. The third-order valence-electron chi connectivity index (χ3n) is 3.35. The molecule has 1 N–H and O–H groups in total. The van der Waals surface area contributed by atoms with Gasteiger partial charge in [-0.1, -0.05) is 17.7 Å². The van der Waals surface area contributed by atoms with Crippen LogP contribution >= 0.6 is 11.6 Å². The quantitative estimate of drug-likeness (QED) is 0.798. The van der Waals surface area contributed by atoms with Crippen molar-refractivity contribution in [3.8, 4) is 5.75 Å². The molecule has 0 aliphatic heterocycles. The Morgan fingerprint density at radius 1 is 1.20 bits per heavy atom. The second-order valence-electron chi connectivity index (χ2n) is 5.34. The number of nitrogens with zero attached hydrogens (tertiary/aromatic N) is 1. The van der Waals surface area contributed by atoms with Gasteiger partial charge in [0, 0.05) is 31.2 Å². The first-order valence-electron chi connectivity index (χ1n) is 7.51. The summed E-state index contributed by atoms with van der Waals surface area (Å²) in [6, 6.07) is 12.9. The minimum atomic E-state index is -3.63. The molecule has 2 aromatic rings. The van der Waals surface area contributed by atoms with Crippen LogP contribution in [-0.2, 0) is 14.8 Å². The van der Waals surface area contributed by atoms with E-state index in [4.69, 9.17) is 16.3 Å². The van der Waals surface area contributed by atoms with Gasteiger partial charge >= 0.3 is 0 Å². The van der Waals surface area contributed by atoms with Crippen LogP contribution in [0.2, 0.25) is 5.02 Å². The number of hydrogen-bond donors (Lipinski definition) is 1. The van der Waals surface area contributed by atoms with Crippen LogP contribution in [0.25, 0.3) is 0 Å². The summed E-state index contributed by atoms with van der Waals surface area (Å²) in [5, 5.41) is 3.14. The van der Waals surface area contributed by atoms with Crippen molar-refractivity contribution in [3.63, 3.8) is 0 Å². The Labute approximate surface area is 152 Å². The average Bonchev–Trinajstić information content (AvgIpc) is 2.54. The first kappa shape index (κ1) is 19.2. The van der Waals surface area contributed by atoms with Crippen molar-refractivity contribution in [1.29, 1.82) is 0 Å². The van der Waals surface area contributed by atoms with Crippen LogP contribution < -0.4 is 10.1 Å². The van der Waals surface area contributed by atoms with Crippen molar-refractivity contribution in [2.24, 2.45) is 0 Å². The van der Waals surface area contributed by atoms with E-state index in [1.165, 1.54) is 30.4 Å². The minimum Gasteiger partial charge on any atom is -0.492 e. The van der Waals surface area contributed by atoms with Gasteiger partial charge < -0.3 is 10.1 Å². The third-order valence-corrected chi connectivity index (χ3v) is 5.46. The summed E-state index contributed by atoms with van der Waals surface area (Å²) >= 11 is 5.87. The van der Waals surface area contributed by atoms with Gasteiger partial charge in [0.2, 0.25) is 15.9 Å². The fourth-order valence-electron chi connectivity index (χ4n) is 2.06. The van der Waals surface area contributed by atoms with Crippen LogP contribution in [-0.4, -0.2) is 38.8 Å². The van der Waals surface area contributed by atoms with E-state index in [0.29, 0.717) is 16.5 Å². The molecule has 0 unspecified atom stereocenters. The molecule has 8 heteroatoms. The molecule has 2 aromatic carbocycles. The maximum absolute atomic E-state index is 12.5. The van der Waals surface area contributed by atoms with Gasteiger partial charge in [-0.3, -0.25) is 4.79 Å². The Hall–Kier alpha value is -2.09. The van der Waals surface area contributed by atoms with Crippen LogP contribution in [0.3, 0.4) is 0 Å². The molecule has 2 rings (SSSR count). The van der Waals surface area contributed by atoms with Crippen LogP contribution in [0.15, 0.2) is 53.4 Å². The van der Waals surface area contributed by atoms with Gasteiger partial charge in [0.1, 0.15) is 12.4 Å². The smallest absolute Gasteiger partial charge is 0.242 e. The van der Waals surface area contributed by atoms with E-state index in [1.807, 2.05) is 0 Å². The predicted molar refractivity (Wildman–Crippen MR) is 97.5 cm³/mol. The van der Waals surface area contributed by atoms with E-state index in [9.17, 15) is 13.2 Å². The number of sulfonamides is 1. The number of benzene rings is 2. The number of carbonyl (C=O) groups excluding carboxylic acids is 1. The average molecular weight is 383 g/mol. The van der Waals surface area contributed by atoms with Crippen molar-refractivity contribution in [2.45, 2.75) is 11.8 Å². The second kappa shape index (κ2) is 8.33. The number of ether oxygens (including phenoxy) is 1. The van der Waals surface area contributed by atoms with E-state index in [0.717, 1.165) is 0 Å². The highest BCUT2D eigenvalue weighted by Gasteiger charge is 2.20. The molecule has 0 bridgehead atoms. The monoisotopic (exact) mass is 382 g/mol.